The Labute approximate surface area is 137 Å². The normalized spacial score (nSPS) is 10.6. The van der Waals surface area contributed by atoms with Gasteiger partial charge in [-0.25, -0.2) is 14.3 Å². The maximum atomic E-state index is 12.3. The van der Waals surface area contributed by atoms with Crippen LogP contribution < -0.4 is 5.32 Å². The molecule has 8 nitrogen and oxygen atoms in total. The summed E-state index contributed by atoms with van der Waals surface area (Å²) in [5, 5.41) is 6.80. The minimum atomic E-state index is -0.485. The van der Waals surface area contributed by atoms with E-state index in [0.29, 0.717) is 17.0 Å². The number of amides is 1. The zero-order chi connectivity index (χ0) is 17.1. The fraction of sp³-hybridized carbons (Fsp3) is 0.188. The second-order valence-electron chi connectivity index (χ2n) is 4.99. The van der Waals surface area contributed by atoms with E-state index in [-0.39, 0.29) is 12.4 Å². The van der Waals surface area contributed by atoms with E-state index in [1.54, 1.807) is 37.4 Å². The van der Waals surface area contributed by atoms with Crippen LogP contribution in [0.3, 0.4) is 0 Å². The van der Waals surface area contributed by atoms with Gasteiger partial charge in [0.15, 0.2) is 0 Å². The number of esters is 1. The van der Waals surface area contributed by atoms with Crippen molar-refractivity contribution < 1.29 is 14.3 Å². The van der Waals surface area contributed by atoms with Gasteiger partial charge in [-0.3, -0.25) is 4.79 Å². The molecule has 2 heterocycles. The maximum absolute atomic E-state index is 12.3. The number of aromatic nitrogens is 4. The molecular formula is C16H15N5O3. The van der Waals surface area contributed by atoms with Crippen LogP contribution in [0.2, 0.25) is 0 Å². The molecule has 0 atom stereocenters. The van der Waals surface area contributed by atoms with E-state index in [1.807, 2.05) is 6.92 Å². The minimum Gasteiger partial charge on any atom is -0.462 e. The molecule has 3 aromatic rings. The molecule has 2 aromatic heterocycles. The molecule has 1 amide bonds. The summed E-state index contributed by atoms with van der Waals surface area (Å²) < 4.78 is 6.43. The Bertz CT molecular complexity index is 919. The van der Waals surface area contributed by atoms with E-state index in [4.69, 9.17) is 4.74 Å². The molecule has 24 heavy (non-hydrogen) atoms. The Morgan fingerprint density at radius 1 is 1.29 bits per heavy atom. The molecule has 1 aromatic carbocycles. The third-order valence-electron chi connectivity index (χ3n) is 3.26. The number of hydrogen-bond acceptors (Lipinski definition) is 6. The average Bonchev–Trinajstić information content (AvgIpc) is 3.01. The van der Waals surface area contributed by atoms with Gasteiger partial charge < -0.3 is 10.1 Å². The lowest BCUT2D eigenvalue weighted by Gasteiger charge is -2.05. The summed E-state index contributed by atoms with van der Waals surface area (Å²) in [6.07, 6.45) is 1.60. The largest absolute Gasteiger partial charge is 0.462 e. The average molecular weight is 325 g/mol. The Morgan fingerprint density at radius 3 is 2.88 bits per heavy atom. The summed E-state index contributed by atoms with van der Waals surface area (Å²) in [5.41, 5.74) is 1.63. The zero-order valence-electron chi connectivity index (χ0n) is 13.2. The Hall–Kier alpha value is -3.29. The van der Waals surface area contributed by atoms with Crippen LogP contribution in [0.5, 0.6) is 0 Å². The van der Waals surface area contributed by atoms with Gasteiger partial charge >= 0.3 is 5.97 Å². The van der Waals surface area contributed by atoms with Gasteiger partial charge in [-0.2, -0.15) is 4.98 Å². The van der Waals surface area contributed by atoms with Crippen molar-refractivity contribution in [3.63, 3.8) is 0 Å². The molecule has 3 rings (SSSR count). The molecule has 122 valence electrons. The number of hydrogen-bond donors (Lipinski definition) is 1. The SMILES string of the molecule is CCOC(=O)c1cccc(NC(=O)c2nc3nccc(C)n3n2)c1. The number of benzene rings is 1. The number of carbonyl (C=O) groups is 2. The molecule has 0 unspecified atom stereocenters. The summed E-state index contributed by atoms with van der Waals surface area (Å²) in [6.45, 7) is 3.86. The number of rotatable bonds is 4. The summed E-state index contributed by atoms with van der Waals surface area (Å²) >= 11 is 0. The standard InChI is InChI=1S/C16H15N5O3/c1-3-24-15(23)11-5-4-6-12(9-11)18-14(22)13-19-16-17-8-7-10(2)21(16)20-13/h4-9H,3H2,1-2H3,(H,18,22). The molecule has 0 aliphatic rings. The van der Waals surface area contributed by atoms with Crippen LogP contribution in [-0.2, 0) is 4.74 Å². The van der Waals surface area contributed by atoms with Gasteiger partial charge in [-0.1, -0.05) is 6.07 Å². The highest BCUT2D eigenvalue weighted by Gasteiger charge is 2.15. The fourth-order valence-corrected chi connectivity index (χ4v) is 2.13. The van der Waals surface area contributed by atoms with Crippen molar-refractivity contribution in [2.24, 2.45) is 0 Å². The lowest BCUT2D eigenvalue weighted by atomic mass is 10.2. The third kappa shape index (κ3) is 3.07. The smallest absolute Gasteiger partial charge is 0.338 e. The molecule has 8 heteroatoms. The van der Waals surface area contributed by atoms with Crippen LogP contribution in [0.4, 0.5) is 5.69 Å². The van der Waals surface area contributed by atoms with Crippen molar-refractivity contribution in [2.75, 3.05) is 11.9 Å². The highest BCUT2D eigenvalue weighted by Crippen LogP contribution is 2.13. The van der Waals surface area contributed by atoms with Crippen LogP contribution in [0.15, 0.2) is 36.5 Å². The van der Waals surface area contributed by atoms with Gasteiger partial charge in [0, 0.05) is 17.6 Å². The fourth-order valence-electron chi connectivity index (χ4n) is 2.13. The van der Waals surface area contributed by atoms with Gasteiger partial charge in [0.05, 0.1) is 12.2 Å². The van der Waals surface area contributed by atoms with E-state index < -0.39 is 11.9 Å². The number of nitrogens with zero attached hydrogens (tertiary/aromatic N) is 4. The first kappa shape index (κ1) is 15.6. The predicted molar refractivity (Wildman–Crippen MR) is 85.9 cm³/mol. The zero-order valence-corrected chi connectivity index (χ0v) is 13.2. The Balaban J connectivity index is 1.82. The van der Waals surface area contributed by atoms with Crippen LogP contribution in [0.1, 0.15) is 33.6 Å². The van der Waals surface area contributed by atoms with E-state index in [1.165, 1.54) is 10.6 Å². The summed E-state index contributed by atoms with van der Waals surface area (Å²) in [5.74, 6) is -0.584. The van der Waals surface area contributed by atoms with Gasteiger partial charge in [-0.15, -0.1) is 5.10 Å². The molecule has 0 saturated heterocycles. The van der Waals surface area contributed by atoms with Crippen LogP contribution in [-0.4, -0.2) is 38.1 Å². The van der Waals surface area contributed by atoms with Gasteiger partial charge in [0.1, 0.15) is 0 Å². The van der Waals surface area contributed by atoms with E-state index in [2.05, 4.69) is 20.4 Å². The number of ether oxygens (including phenoxy) is 1. The van der Waals surface area contributed by atoms with E-state index >= 15 is 0 Å². The molecule has 0 aliphatic heterocycles. The van der Waals surface area contributed by atoms with Crippen LogP contribution in [0.25, 0.3) is 5.78 Å². The highest BCUT2D eigenvalue weighted by atomic mass is 16.5. The van der Waals surface area contributed by atoms with Crippen LogP contribution >= 0.6 is 0 Å². The van der Waals surface area contributed by atoms with Crippen molar-refractivity contribution >= 4 is 23.3 Å². The molecule has 1 N–H and O–H groups in total. The first-order chi connectivity index (χ1) is 11.6. The first-order valence-corrected chi connectivity index (χ1v) is 7.35. The van der Waals surface area contributed by atoms with Crippen molar-refractivity contribution in [1.29, 1.82) is 0 Å². The van der Waals surface area contributed by atoms with Crippen LogP contribution in [0, 0.1) is 6.92 Å². The first-order valence-electron chi connectivity index (χ1n) is 7.35. The van der Waals surface area contributed by atoms with Gasteiger partial charge in [0.25, 0.3) is 11.7 Å². The molecule has 0 radical (unpaired) electrons. The molecular weight excluding hydrogens is 310 g/mol. The molecule has 0 spiro atoms. The third-order valence-corrected chi connectivity index (χ3v) is 3.26. The highest BCUT2D eigenvalue weighted by molar-refractivity contribution is 6.02. The Kier molecular flexibility index (Phi) is 4.19. The maximum Gasteiger partial charge on any atom is 0.338 e. The predicted octanol–water partition coefficient (Wildman–Crippen LogP) is 1.86. The lowest BCUT2D eigenvalue weighted by molar-refractivity contribution is 0.0526. The van der Waals surface area contributed by atoms with Crippen molar-refractivity contribution in [2.45, 2.75) is 13.8 Å². The quantitative estimate of drug-likeness (QED) is 0.735. The summed E-state index contributed by atoms with van der Waals surface area (Å²) in [7, 11) is 0. The molecule has 0 fully saturated rings. The number of nitrogens with one attached hydrogen (secondary N) is 1. The monoisotopic (exact) mass is 325 g/mol. The second kappa shape index (κ2) is 6.45. The van der Waals surface area contributed by atoms with Gasteiger partial charge in [-0.05, 0) is 38.1 Å². The molecule has 0 bridgehead atoms. The van der Waals surface area contributed by atoms with Crippen molar-refractivity contribution in [3.05, 3.63) is 53.6 Å². The van der Waals surface area contributed by atoms with Crippen molar-refractivity contribution in [1.82, 2.24) is 19.6 Å². The molecule has 0 saturated carbocycles. The summed E-state index contributed by atoms with van der Waals surface area (Å²) in [6, 6.07) is 8.25. The Morgan fingerprint density at radius 2 is 2.12 bits per heavy atom. The number of aryl methyl sites for hydroxylation is 1. The second-order valence-corrected chi connectivity index (χ2v) is 4.99. The topological polar surface area (TPSA) is 98.5 Å². The lowest BCUT2D eigenvalue weighted by Crippen LogP contribution is -2.14. The number of carbonyl (C=O) groups excluding carboxylic acids is 2. The molecule has 0 aliphatic carbocycles. The van der Waals surface area contributed by atoms with Crippen molar-refractivity contribution in [3.8, 4) is 0 Å². The number of fused-ring (bicyclic) bond motifs is 1. The van der Waals surface area contributed by atoms with E-state index in [0.717, 1.165) is 5.69 Å². The summed E-state index contributed by atoms with van der Waals surface area (Å²) in [4.78, 5) is 32.2. The van der Waals surface area contributed by atoms with E-state index in [9.17, 15) is 9.59 Å². The van der Waals surface area contributed by atoms with Gasteiger partial charge in [0.2, 0.25) is 5.82 Å². The number of anilines is 1. The minimum absolute atomic E-state index is 0.00154.